The second-order valence-electron chi connectivity index (χ2n) is 7.83. The minimum atomic E-state index is -0.813. The molecule has 0 aromatic carbocycles. The predicted octanol–water partition coefficient (Wildman–Crippen LogP) is 1.18. The lowest BCUT2D eigenvalue weighted by Gasteiger charge is -2.23. The molecule has 0 unspecified atom stereocenters. The first-order valence-electron chi connectivity index (χ1n) is 9.46. The van der Waals surface area contributed by atoms with Crippen molar-refractivity contribution in [3.63, 3.8) is 0 Å². The Bertz CT molecular complexity index is 879. The van der Waals surface area contributed by atoms with E-state index in [1.165, 1.54) is 11.8 Å². The topological polar surface area (TPSA) is 132 Å². The van der Waals surface area contributed by atoms with Gasteiger partial charge in [0.25, 0.3) is 5.56 Å². The average molecular weight is 429 g/mol. The zero-order chi connectivity index (χ0) is 21.4. The van der Waals surface area contributed by atoms with Gasteiger partial charge in [0, 0.05) is 12.2 Å². The molecule has 1 aromatic heterocycles. The molecule has 0 saturated carbocycles. The normalized spacial score (nSPS) is 27.8. The standard InChI is InChI=1S/C18H27N3O7S/c1-6-11(22)19-12-14(23)20-16(24)21-15(12)29-8-10-13(28-18(4,5)27-10)9-7-25-17(2,3)26-9/h9-10,13H,6-8H2,1-5H3,(H,19,22)(H2,20,21,23,24)/t9-,10+,13-/m1/s1. The van der Waals surface area contributed by atoms with Crippen molar-refractivity contribution < 1.29 is 23.7 Å². The van der Waals surface area contributed by atoms with Gasteiger partial charge in [0.1, 0.15) is 22.9 Å². The molecule has 0 bridgehead atoms. The third-order valence-electron chi connectivity index (χ3n) is 4.50. The van der Waals surface area contributed by atoms with Crippen molar-refractivity contribution in [2.24, 2.45) is 0 Å². The molecule has 10 nitrogen and oxygen atoms in total. The Morgan fingerprint density at radius 2 is 1.86 bits per heavy atom. The minimum Gasteiger partial charge on any atom is -0.348 e. The third-order valence-corrected chi connectivity index (χ3v) is 5.59. The fourth-order valence-corrected chi connectivity index (χ4v) is 4.31. The number of thioether (sulfide) groups is 1. The van der Waals surface area contributed by atoms with Crippen LogP contribution in [0.25, 0.3) is 0 Å². The minimum absolute atomic E-state index is 0.0118. The Balaban J connectivity index is 1.78. The van der Waals surface area contributed by atoms with Crippen molar-refractivity contribution in [2.45, 2.75) is 76.0 Å². The first-order valence-corrected chi connectivity index (χ1v) is 10.4. The highest BCUT2D eigenvalue weighted by molar-refractivity contribution is 7.99. The van der Waals surface area contributed by atoms with Crippen LogP contribution in [0.1, 0.15) is 41.0 Å². The molecule has 3 atom stereocenters. The number of rotatable bonds is 6. The van der Waals surface area contributed by atoms with Crippen LogP contribution in [0.3, 0.4) is 0 Å². The summed E-state index contributed by atoms with van der Waals surface area (Å²) in [5.74, 6) is -1.48. The summed E-state index contributed by atoms with van der Waals surface area (Å²) in [5, 5.41) is 2.79. The zero-order valence-electron chi connectivity index (χ0n) is 17.1. The molecule has 3 rings (SSSR count). The maximum absolute atomic E-state index is 12.2. The highest BCUT2D eigenvalue weighted by Crippen LogP contribution is 2.37. The summed E-state index contributed by atoms with van der Waals surface area (Å²) < 4.78 is 23.6. The molecule has 11 heteroatoms. The van der Waals surface area contributed by atoms with Crippen LogP contribution < -0.4 is 16.6 Å². The molecule has 2 aliphatic heterocycles. The number of ether oxygens (including phenoxy) is 4. The van der Waals surface area contributed by atoms with Crippen molar-refractivity contribution in [1.29, 1.82) is 0 Å². The van der Waals surface area contributed by atoms with Crippen LogP contribution in [0.4, 0.5) is 5.69 Å². The molecule has 2 aliphatic rings. The molecule has 162 valence electrons. The SMILES string of the molecule is CCC(=O)Nc1c(SC[C@@H]2OC(C)(C)O[C@@H]2[C@H]2COC(C)(C)O2)[nH]c(=O)[nH]c1=O. The number of aromatic amines is 2. The van der Waals surface area contributed by atoms with Gasteiger partial charge in [-0.05, 0) is 27.7 Å². The van der Waals surface area contributed by atoms with Crippen molar-refractivity contribution in [2.75, 3.05) is 17.7 Å². The van der Waals surface area contributed by atoms with E-state index in [9.17, 15) is 14.4 Å². The molecule has 2 saturated heterocycles. The summed E-state index contributed by atoms with van der Waals surface area (Å²) in [5.41, 5.74) is -1.30. The molecule has 1 aromatic rings. The Labute approximate surface area is 172 Å². The number of H-pyrrole nitrogens is 2. The summed E-state index contributed by atoms with van der Waals surface area (Å²) in [6.07, 6.45) is -0.876. The lowest BCUT2D eigenvalue weighted by atomic mass is 10.1. The van der Waals surface area contributed by atoms with Crippen LogP contribution in [-0.2, 0) is 23.7 Å². The van der Waals surface area contributed by atoms with E-state index < -0.39 is 22.8 Å². The van der Waals surface area contributed by atoms with Crippen LogP contribution in [0, 0.1) is 0 Å². The fourth-order valence-electron chi connectivity index (χ4n) is 3.27. The Hall–Kier alpha value is -1.66. The Kier molecular flexibility index (Phi) is 6.25. The zero-order valence-corrected chi connectivity index (χ0v) is 17.9. The van der Waals surface area contributed by atoms with Gasteiger partial charge in [0.05, 0.1) is 12.7 Å². The van der Waals surface area contributed by atoms with E-state index in [2.05, 4.69) is 15.3 Å². The monoisotopic (exact) mass is 429 g/mol. The van der Waals surface area contributed by atoms with E-state index >= 15 is 0 Å². The number of hydrogen-bond donors (Lipinski definition) is 3. The van der Waals surface area contributed by atoms with Gasteiger partial charge in [0.2, 0.25) is 5.91 Å². The molecule has 2 fully saturated rings. The van der Waals surface area contributed by atoms with Gasteiger partial charge in [0.15, 0.2) is 11.6 Å². The van der Waals surface area contributed by atoms with Gasteiger partial charge >= 0.3 is 5.69 Å². The molecule has 29 heavy (non-hydrogen) atoms. The highest BCUT2D eigenvalue weighted by Gasteiger charge is 2.49. The second-order valence-corrected chi connectivity index (χ2v) is 8.86. The molecule has 3 N–H and O–H groups in total. The van der Waals surface area contributed by atoms with E-state index in [0.29, 0.717) is 12.4 Å². The second kappa shape index (κ2) is 8.23. The Morgan fingerprint density at radius 1 is 1.14 bits per heavy atom. The van der Waals surface area contributed by atoms with Gasteiger partial charge in [-0.1, -0.05) is 6.92 Å². The van der Waals surface area contributed by atoms with Crippen LogP contribution in [0.2, 0.25) is 0 Å². The summed E-state index contributed by atoms with van der Waals surface area (Å²) >= 11 is 1.20. The maximum atomic E-state index is 12.2. The van der Waals surface area contributed by atoms with E-state index in [0.717, 1.165) is 0 Å². The molecular formula is C18H27N3O7S. The first kappa shape index (κ1) is 22.0. The van der Waals surface area contributed by atoms with Crippen LogP contribution in [0.15, 0.2) is 14.6 Å². The summed E-state index contributed by atoms with van der Waals surface area (Å²) in [4.78, 5) is 40.4. The fraction of sp³-hybridized carbons (Fsp3) is 0.722. The predicted molar refractivity (Wildman–Crippen MR) is 106 cm³/mol. The van der Waals surface area contributed by atoms with Gasteiger partial charge < -0.3 is 29.2 Å². The lowest BCUT2D eigenvalue weighted by Crippen LogP contribution is -2.39. The number of aromatic nitrogens is 2. The number of anilines is 1. The average Bonchev–Trinajstić information content (AvgIpc) is 3.13. The smallest absolute Gasteiger partial charge is 0.326 e. The van der Waals surface area contributed by atoms with E-state index in [-0.39, 0.29) is 41.4 Å². The van der Waals surface area contributed by atoms with Crippen LogP contribution in [-0.4, -0.2) is 58.1 Å². The van der Waals surface area contributed by atoms with Gasteiger partial charge in [-0.3, -0.25) is 14.6 Å². The lowest BCUT2D eigenvalue weighted by molar-refractivity contribution is -0.174. The molecule has 0 spiro atoms. The van der Waals surface area contributed by atoms with E-state index in [4.69, 9.17) is 18.9 Å². The van der Waals surface area contributed by atoms with Crippen LogP contribution in [0.5, 0.6) is 0 Å². The third kappa shape index (κ3) is 5.28. The van der Waals surface area contributed by atoms with Gasteiger partial charge in [-0.2, -0.15) is 0 Å². The van der Waals surface area contributed by atoms with E-state index in [1.807, 2.05) is 27.7 Å². The number of amides is 1. The number of carbonyl (C=O) groups excluding carboxylic acids is 1. The quantitative estimate of drug-likeness (QED) is 0.454. The number of nitrogens with one attached hydrogen (secondary N) is 3. The molecular weight excluding hydrogens is 402 g/mol. The summed E-state index contributed by atoms with van der Waals surface area (Å²) in [7, 11) is 0. The highest BCUT2D eigenvalue weighted by atomic mass is 32.2. The van der Waals surface area contributed by atoms with Crippen molar-refractivity contribution in [3.05, 3.63) is 20.8 Å². The van der Waals surface area contributed by atoms with E-state index in [1.54, 1.807) is 6.92 Å². The van der Waals surface area contributed by atoms with Gasteiger partial charge in [-0.25, -0.2) is 4.79 Å². The molecule has 0 radical (unpaired) electrons. The largest absolute Gasteiger partial charge is 0.348 e. The van der Waals surface area contributed by atoms with Crippen LogP contribution >= 0.6 is 11.8 Å². The first-order chi connectivity index (χ1) is 13.5. The van der Waals surface area contributed by atoms with Gasteiger partial charge in [-0.15, -0.1) is 11.8 Å². The molecule has 3 heterocycles. The molecule has 0 aliphatic carbocycles. The van der Waals surface area contributed by atoms with Crippen molar-refractivity contribution in [1.82, 2.24) is 9.97 Å². The Morgan fingerprint density at radius 3 is 2.48 bits per heavy atom. The van der Waals surface area contributed by atoms with Crippen molar-refractivity contribution in [3.8, 4) is 0 Å². The summed E-state index contributed by atoms with van der Waals surface area (Å²) in [6.45, 7) is 9.34. The maximum Gasteiger partial charge on any atom is 0.326 e. The van der Waals surface area contributed by atoms with Crippen molar-refractivity contribution >= 4 is 23.4 Å². The summed E-state index contributed by atoms with van der Waals surface area (Å²) in [6, 6.07) is 0. The number of hydrogen-bond acceptors (Lipinski definition) is 8. The molecule has 1 amide bonds. The number of carbonyl (C=O) groups is 1.